The molecule has 0 aliphatic rings. The van der Waals surface area contributed by atoms with Gasteiger partial charge in [0, 0.05) is 12.1 Å². The van der Waals surface area contributed by atoms with Crippen LogP contribution in [-0.2, 0) is 15.8 Å². The summed E-state index contributed by atoms with van der Waals surface area (Å²) in [5.74, 6) is -0.149. The first-order valence-electron chi connectivity index (χ1n) is 6.17. The molecule has 2 aromatic carbocycles. The highest BCUT2D eigenvalue weighted by Gasteiger charge is 2.15. The number of rotatable bonds is 5. The van der Waals surface area contributed by atoms with E-state index in [9.17, 15) is 18.5 Å². The summed E-state index contributed by atoms with van der Waals surface area (Å²) in [4.78, 5) is 10.1. The van der Waals surface area contributed by atoms with Crippen molar-refractivity contribution in [2.24, 2.45) is 0 Å². The highest BCUT2D eigenvalue weighted by atomic mass is 32.2. The molecule has 7 heteroatoms. The van der Waals surface area contributed by atoms with Gasteiger partial charge >= 0.3 is 0 Å². The smallest absolute Gasteiger partial charge is 0.269 e. The summed E-state index contributed by atoms with van der Waals surface area (Å²) >= 11 is 0. The molecular formula is C14H14N2O4S. The van der Waals surface area contributed by atoms with E-state index >= 15 is 0 Å². The van der Waals surface area contributed by atoms with Crippen LogP contribution in [0, 0.1) is 17.0 Å². The Bertz CT molecular complexity index is 758. The molecule has 110 valence electrons. The predicted molar refractivity (Wildman–Crippen MR) is 80.5 cm³/mol. The van der Waals surface area contributed by atoms with Crippen molar-refractivity contribution in [1.82, 2.24) is 0 Å². The van der Waals surface area contributed by atoms with Crippen LogP contribution in [-0.4, -0.2) is 13.3 Å². The van der Waals surface area contributed by atoms with E-state index in [0.29, 0.717) is 16.8 Å². The number of anilines is 1. The Kier molecular flexibility index (Phi) is 4.23. The zero-order valence-corrected chi connectivity index (χ0v) is 12.1. The van der Waals surface area contributed by atoms with Gasteiger partial charge in [-0.05, 0) is 24.1 Å². The van der Waals surface area contributed by atoms with Crippen LogP contribution in [0.4, 0.5) is 11.4 Å². The molecule has 0 aliphatic heterocycles. The second kappa shape index (κ2) is 5.92. The minimum absolute atomic E-state index is 0.0708. The second-order valence-corrected chi connectivity index (χ2v) is 6.33. The van der Waals surface area contributed by atoms with Crippen LogP contribution in [0.3, 0.4) is 0 Å². The van der Waals surface area contributed by atoms with Gasteiger partial charge in [-0.3, -0.25) is 14.8 Å². The van der Waals surface area contributed by atoms with Crippen molar-refractivity contribution in [3.05, 3.63) is 69.8 Å². The van der Waals surface area contributed by atoms with Gasteiger partial charge in [0.15, 0.2) is 0 Å². The second-order valence-electron chi connectivity index (χ2n) is 4.60. The van der Waals surface area contributed by atoms with Gasteiger partial charge in [-0.2, -0.15) is 0 Å². The van der Waals surface area contributed by atoms with Gasteiger partial charge in [0.1, 0.15) is 0 Å². The molecule has 0 radical (unpaired) electrons. The lowest BCUT2D eigenvalue weighted by Crippen LogP contribution is -2.15. The van der Waals surface area contributed by atoms with Crippen molar-refractivity contribution in [3.8, 4) is 0 Å². The summed E-state index contributed by atoms with van der Waals surface area (Å²) in [6, 6.07) is 12.8. The molecule has 0 aromatic heterocycles. The number of nitrogens with one attached hydrogen (secondary N) is 1. The number of nitro groups is 1. The molecule has 0 aliphatic carbocycles. The van der Waals surface area contributed by atoms with Gasteiger partial charge in [-0.15, -0.1) is 0 Å². The fraction of sp³-hybridized carbons (Fsp3) is 0.143. The summed E-state index contributed by atoms with van der Waals surface area (Å²) in [6.45, 7) is 1.62. The van der Waals surface area contributed by atoms with Crippen molar-refractivity contribution in [1.29, 1.82) is 0 Å². The van der Waals surface area contributed by atoms with E-state index in [4.69, 9.17) is 0 Å². The standard InChI is InChI=1S/C14H14N2O4S/c1-11-9-13(16(17)18)7-8-14(11)15-21(19,20)10-12-5-3-2-4-6-12/h2-9,15H,10H2,1H3. The molecule has 0 heterocycles. The van der Waals surface area contributed by atoms with Crippen molar-refractivity contribution in [2.75, 3.05) is 4.72 Å². The predicted octanol–water partition coefficient (Wildman–Crippen LogP) is 2.85. The third-order valence-corrected chi connectivity index (χ3v) is 4.13. The summed E-state index contributed by atoms with van der Waals surface area (Å²) in [5.41, 5.74) is 1.44. The molecule has 0 fully saturated rings. The van der Waals surface area contributed by atoms with E-state index in [-0.39, 0.29) is 11.4 Å². The topological polar surface area (TPSA) is 89.3 Å². The Morgan fingerprint density at radius 2 is 1.81 bits per heavy atom. The van der Waals surface area contributed by atoms with E-state index in [1.807, 2.05) is 6.07 Å². The number of non-ortho nitro benzene ring substituents is 1. The maximum atomic E-state index is 12.1. The van der Waals surface area contributed by atoms with Crippen LogP contribution in [0.25, 0.3) is 0 Å². The molecule has 0 unspecified atom stereocenters. The van der Waals surface area contributed by atoms with Crippen LogP contribution in [0.2, 0.25) is 0 Å². The largest absolute Gasteiger partial charge is 0.283 e. The third-order valence-electron chi connectivity index (χ3n) is 2.89. The highest BCUT2D eigenvalue weighted by Crippen LogP contribution is 2.22. The normalized spacial score (nSPS) is 11.1. The Hall–Kier alpha value is -2.41. The van der Waals surface area contributed by atoms with Gasteiger partial charge in [0.25, 0.3) is 5.69 Å². The molecule has 0 saturated carbocycles. The molecular weight excluding hydrogens is 292 g/mol. The van der Waals surface area contributed by atoms with E-state index in [1.165, 1.54) is 18.2 Å². The molecule has 6 nitrogen and oxygen atoms in total. The number of nitrogens with zero attached hydrogens (tertiary/aromatic N) is 1. The van der Waals surface area contributed by atoms with E-state index in [2.05, 4.69) is 4.72 Å². The molecule has 0 amide bonds. The molecule has 0 atom stereocenters. The molecule has 2 rings (SSSR count). The number of hydrogen-bond donors (Lipinski definition) is 1. The van der Waals surface area contributed by atoms with E-state index in [0.717, 1.165) is 0 Å². The molecule has 1 N–H and O–H groups in total. The van der Waals surface area contributed by atoms with Crippen molar-refractivity contribution in [3.63, 3.8) is 0 Å². The minimum atomic E-state index is -3.56. The van der Waals surface area contributed by atoms with Gasteiger partial charge in [-0.1, -0.05) is 30.3 Å². The minimum Gasteiger partial charge on any atom is -0.283 e. The zero-order chi connectivity index (χ0) is 15.5. The number of benzene rings is 2. The lowest BCUT2D eigenvalue weighted by molar-refractivity contribution is -0.384. The first kappa shape index (κ1) is 15.0. The van der Waals surface area contributed by atoms with Gasteiger partial charge in [0.05, 0.1) is 16.4 Å². The van der Waals surface area contributed by atoms with Crippen LogP contribution >= 0.6 is 0 Å². The number of nitro benzene ring substituents is 1. The van der Waals surface area contributed by atoms with E-state index in [1.54, 1.807) is 31.2 Å². The molecule has 0 spiro atoms. The quantitative estimate of drug-likeness (QED) is 0.679. The van der Waals surface area contributed by atoms with Crippen LogP contribution in [0.1, 0.15) is 11.1 Å². The van der Waals surface area contributed by atoms with Crippen LogP contribution in [0.15, 0.2) is 48.5 Å². The summed E-state index contributed by atoms with van der Waals surface area (Å²) in [6.07, 6.45) is 0. The highest BCUT2D eigenvalue weighted by molar-refractivity contribution is 7.91. The van der Waals surface area contributed by atoms with Crippen molar-refractivity contribution >= 4 is 21.4 Å². The summed E-state index contributed by atoms with van der Waals surface area (Å²) in [7, 11) is -3.56. The molecule has 2 aromatic rings. The average Bonchev–Trinajstić information content (AvgIpc) is 2.41. The maximum Gasteiger partial charge on any atom is 0.269 e. The Labute approximate surface area is 122 Å². The van der Waals surface area contributed by atoms with Gasteiger partial charge in [-0.25, -0.2) is 8.42 Å². The summed E-state index contributed by atoms with van der Waals surface area (Å²) < 4.78 is 26.6. The van der Waals surface area contributed by atoms with Crippen LogP contribution < -0.4 is 4.72 Å². The molecule has 0 saturated heterocycles. The first-order chi connectivity index (χ1) is 9.87. The van der Waals surface area contributed by atoms with Crippen molar-refractivity contribution < 1.29 is 13.3 Å². The van der Waals surface area contributed by atoms with Gasteiger partial charge < -0.3 is 0 Å². The number of aryl methyl sites for hydroxylation is 1. The molecule has 0 bridgehead atoms. The Balaban J connectivity index is 2.19. The fourth-order valence-corrected chi connectivity index (χ4v) is 3.14. The number of hydrogen-bond acceptors (Lipinski definition) is 4. The maximum absolute atomic E-state index is 12.1. The lowest BCUT2D eigenvalue weighted by atomic mass is 10.2. The first-order valence-corrected chi connectivity index (χ1v) is 7.82. The van der Waals surface area contributed by atoms with E-state index < -0.39 is 14.9 Å². The third kappa shape index (κ3) is 4.03. The number of sulfonamides is 1. The average molecular weight is 306 g/mol. The van der Waals surface area contributed by atoms with Crippen LogP contribution in [0.5, 0.6) is 0 Å². The fourth-order valence-electron chi connectivity index (χ4n) is 1.87. The monoisotopic (exact) mass is 306 g/mol. The lowest BCUT2D eigenvalue weighted by Gasteiger charge is -2.10. The van der Waals surface area contributed by atoms with Crippen molar-refractivity contribution in [2.45, 2.75) is 12.7 Å². The molecule has 21 heavy (non-hydrogen) atoms. The zero-order valence-electron chi connectivity index (χ0n) is 11.3. The van der Waals surface area contributed by atoms with Gasteiger partial charge in [0.2, 0.25) is 10.0 Å². The summed E-state index contributed by atoms with van der Waals surface area (Å²) in [5, 5.41) is 10.7. The Morgan fingerprint density at radius 1 is 1.14 bits per heavy atom. The Morgan fingerprint density at radius 3 is 2.38 bits per heavy atom. The SMILES string of the molecule is Cc1cc([N+](=O)[O-])ccc1NS(=O)(=O)Cc1ccccc1.